The van der Waals surface area contributed by atoms with Crippen molar-refractivity contribution in [1.82, 2.24) is 20.9 Å². The van der Waals surface area contributed by atoms with Gasteiger partial charge in [-0.15, -0.1) is 0 Å². The van der Waals surface area contributed by atoms with E-state index < -0.39 is 11.6 Å². The highest BCUT2D eigenvalue weighted by atomic mass is 35.5. The first kappa shape index (κ1) is 16.2. The molecule has 8 heteroatoms. The standard InChI is InChI=1S/C17H19ClN4O3/c1-9-4-10-6-22(7-11(10)5-13(9)18)16(25)19-8-17(12-2-3-12)14(23)20-15(24)21-17/h4-5,12H,2-3,6-8H2,1H3,(H,19,25)(H2,20,21,23,24)/t17-/m0/s1. The van der Waals surface area contributed by atoms with Crippen LogP contribution in [0.3, 0.4) is 0 Å². The Morgan fingerprint density at radius 1 is 1.32 bits per heavy atom. The second-order valence-corrected chi connectivity index (χ2v) is 7.45. The van der Waals surface area contributed by atoms with E-state index in [1.165, 1.54) is 0 Å². The smallest absolute Gasteiger partial charge is 0.322 e. The second-order valence-electron chi connectivity index (χ2n) is 7.04. The van der Waals surface area contributed by atoms with Gasteiger partial charge in [-0.25, -0.2) is 9.59 Å². The molecule has 0 spiro atoms. The molecule has 2 fully saturated rings. The SMILES string of the molecule is Cc1cc2c(cc1Cl)CN(C(=O)NC[C@@]1(C3CC3)NC(=O)NC1=O)C2. The molecule has 0 unspecified atom stereocenters. The number of hydrogen-bond acceptors (Lipinski definition) is 3. The summed E-state index contributed by atoms with van der Waals surface area (Å²) in [6, 6.07) is 3.15. The van der Waals surface area contributed by atoms with Gasteiger partial charge in [0.05, 0.1) is 6.54 Å². The van der Waals surface area contributed by atoms with E-state index in [4.69, 9.17) is 11.6 Å². The van der Waals surface area contributed by atoms with Crippen molar-refractivity contribution in [3.63, 3.8) is 0 Å². The highest BCUT2D eigenvalue weighted by molar-refractivity contribution is 6.31. The van der Waals surface area contributed by atoms with Crippen molar-refractivity contribution in [3.8, 4) is 0 Å². The lowest BCUT2D eigenvalue weighted by Gasteiger charge is -2.27. The van der Waals surface area contributed by atoms with Crippen LogP contribution in [-0.2, 0) is 17.9 Å². The van der Waals surface area contributed by atoms with Crippen molar-refractivity contribution in [2.45, 2.75) is 38.4 Å². The summed E-state index contributed by atoms with van der Waals surface area (Å²) in [5, 5.41) is 8.50. The lowest BCUT2D eigenvalue weighted by molar-refractivity contribution is -0.124. The summed E-state index contributed by atoms with van der Waals surface area (Å²) in [5.74, 6) is -0.274. The van der Waals surface area contributed by atoms with E-state index in [1.54, 1.807) is 4.90 Å². The van der Waals surface area contributed by atoms with Crippen molar-refractivity contribution in [2.24, 2.45) is 5.92 Å². The summed E-state index contributed by atoms with van der Waals surface area (Å²) >= 11 is 6.15. The number of amides is 5. The lowest BCUT2D eigenvalue weighted by atomic mass is 9.93. The van der Waals surface area contributed by atoms with Crippen molar-refractivity contribution < 1.29 is 14.4 Å². The van der Waals surface area contributed by atoms with Gasteiger partial charge in [-0.05, 0) is 48.4 Å². The summed E-state index contributed by atoms with van der Waals surface area (Å²) in [6.07, 6.45) is 1.74. The van der Waals surface area contributed by atoms with Crippen LogP contribution in [0, 0.1) is 12.8 Å². The van der Waals surface area contributed by atoms with Gasteiger partial charge in [0.25, 0.3) is 5.91 Å². The zero-order valence-electron chi connectivity index (χ0n) is 13.8. The zero-order chi connectivity index (χ0) is 17.8. The Morgan fingerprint density at radius 3 is 2.60 bits per heavy atom. The number of urea groups is 2. The number of carbonyl (C=O) groups is 3. The maximum atomic E-state index is 12.6. The normalized spacial score (nSPS) is 24.8. The fourth-order valence-corrected chi connectivity index (χ4v) is 3.84. The molecule has 1 aromatic carbocycles. The summed E-state index contributed by atoms with van der Waals surface area (Å²) in [6.45, 7) is 3.02. The number of carbonyl (C=O) groups excluding carboxylic acids is 3. The number of imide groups is 1. The molecule has 1 saturated carbocycles. The molecule has 1 saturated heterocycles. The van der Waals surface area contributed by atoms with Gasteiger partial charge in [0.15, 0.2) is 0 Å². The number of hydrogen-bond donors (Lipinski definition) is 3. The number of benzene rings is 1. The van der Waals surface area contributed by atoms with Crippen LogP contribution in [0.4, 0.5) is 9.59 Å². The van der Waals surface area contributed by atoms with Crippen LogP contribution in [-0.4, -0.2) is 35.0 Å². The number of nitrogens with zero attached hydrogens (tertiary/aromatic N) is 1. The van der Waals surface area contributed by atoms with Gasteiger partial charge in [-0.1, -0.05) is 17.7 Å². The maximum Gasteiger partial charge on any atom is 0.322 e. The van der Waals surface area contributed by atoms with Gasteiger partial charge in [-0.3, -0.25) is 10.1 Å². The third-order valence-corrected chi connectivity index (χ3v) is 5.66. The molecule has 0 radical (unpaired) electrons. The second kappa shape index (κ2) is 5.62. The van der Waals surface area contributed by atoms with E-state index in [0.717, 1.165) is 29.5 Å². The quantitative estimate of drug-likeness (QED) is 0.714. The minimum absolute atomic E-state index is 0.0801. The van der Waals surface area contributed by atoms with Crippen LogP contribution in [0.25, 0.3) is 0 Å². The molecule has 2 aliphatic heterocycles. The minimum atomic E-state index is -1.01. The Balaban J connectivity index is 1.43. The molecule has 5 amide bonds. The third kappa shape index (κ3) is 2.72. The predicted molar refractivity (Wildman–Crippen MR) is 91.0 cm³/mol. The molecular weight excluding hydrogens is 344 g/mol. The highest BCUT2D eigenvalue weighted by Gasteiger charge is 2.56. The van der Waals surface area contributed by atoms with Gasteiger partial charge in [0.1, 0.15) is 5.54 Å². The van der Waals surface area contributed by atoms with Gasteiger partial charge < -0.3 is 15.5 Å². The van der Waals surface area contributed by atoms with Crippen molar-refractivity contribution in [3.05, 3.63) is 33.8 Å². The van der Waals surface area contributed by atoms with Gasteiger partial charge in [0.2, 0.25) is 0 Å². The maximum absolute atomic E-state index is 12.6. The van der Waals surface area contributed by atoms with Crippen LogP contribution in [0.1, 0.15) is 29.5 Å². The van der Waals surface area contributed by atoms with E-state index in [-0.39, 0.29) is 24.4 Å². The van der Waals surface area contributed by atoms with E-state index in [2.05, 4.69) is 16.0 Å². The highest BCUT2D eigenvalue weighted by Crippen LogP contribution is 2.41. The van der Waals surface area contributed by atoms with E-state index >= 15 is 0 Å². The predicted octanol–water partition coefficient (Wildman–Crippen LogP) is 1.66. The molecule has 1 aliphatic carbocycles. The van der Waals surface area contributed by atoms with Gasteiger partial charge in [0, 0.05) is 18.1 Å². The molecule has 132 valence electrons. The number of rotatable bonds is 3. The molecular formula is C17H19ClN4O3. The first-order valence-corrected chi connectivity index (χ1v) is 8.71. The number of nitrogens with one attached hydrogen (secondary N) is 3. The molecule has 0 aromatic heterocycles. The fraction of sp³-hybridized carbons (Fsp3) is 0.471. The Kier molecular flexibility index (Phi) is 3.64. The van der Waals surface area contributed by atoms with E-state index in [9.17, 15) is 14.4 Å². The van der Waals surface area contributed by atoms with Crippen molar-refractivity contribution in [1.29, 1.82) is 0 Å². The first-order chi connectivity index (χ1) is 11.9. The summed E-state index contributed by atoms with van der Waals surface area (Å²) in [5.41, 5.74) is 2.09. The van der Waals surface area contributed by atoms with Crippen molar-refractivity contribution >= 4 is 29.6 Å². The summed E-state index contributed by atoms with van der Waals surface area (Å²) < 4.78 is 0. The Bertz CT molecular complexity index is 761. The average Bonchev–Trinajstić information content (AvgIpc) is 3.27. The van der Waals surface area contributed by atoms with E-state index in [1.807, 2.05) is 19.1 Å². The van der Waals surface area contributed by atoms with Gasteiger partial charge >= 0.3 is 12.1 Å². The molecule has 7 nitrogen and oxygen atoms in total. The monoisotopic (exact) mass is 362 g/mol. The number of aryl methyl sites for hydroxylation is 1. The fourth-order valence-electron chi connectivity index (χ4n) is 3.65. The lowest BCUT2D eigenvalue weighted by Crippen LogP contribution is -2.58. The Labute approximate surface area is 150 Å². The number of fused-ring (bicyclic) bond motifs is 1. The van der Waals surface area contributed by atoms with Crippen molar-refractivity contribution in [2.75, 3.05) is 6.54 Å². The Hall–Kier alpha value is -2.28. The van der Waals surface area contributed by atoms with Crippen LogP contribution in [0.15, 0.2) is 12.1 Å². The molecule has 0 bridgehead atoms. The van der Waals surface area contributed by atoms with Crippen LogP contribution >= 0.6 is 11.6 Å². The number of halogens is 1. The summed E-state index contributed by atoms with van der Waals surface area (Å²) in [7, 11) is 0. The molecule has 4 rings (SSSR count). The van der Waals surface area contributed by atoms with Gasteiger partial charge in [-0.2, -0.15) is 0 Å². The van der Waals surface area contributed by atoms with Crippen LogP contribution in [0.2, 0.25) is 5.02 Å². The van der Waals surface area contributed by atoms with E-state index in [0.29, 0.717) is 18.1 Å². The molecule has 3 aliphatic rings. The first-order valence-electron chi connectivity index (χ1n) is 8.33. The van der Waals surface area contributed by atoms with Crippen LogP contribution < -0.4 is 16.0 Å². The molecule has 1 aromatic rings. The third-order valence-electron chi connectivity index (χ3n) is 5.25. The zero-order valence-corrected chi connectivity index (χ0v) is 14.6. The molecule has 25 heavy (non-hydrogen) atoms. The Morgan fingerprint density at radius 2 is 2.00 bits per heavy atom. The summed E-state index contributed by atoms with van der Waals surface area (Å²) in [4.78, 5) is 38.0. The topological polar surface area (TPSA) is 90.5 Å². The molecule has 1 atom stereocenters. The molecule has 2 heterocycles. The minimum Gasteiger partial charge on any atom is -0.335 e. The van der Waals surface area contributed by atoms with Crippen LogP contribution in [0.5, 0.6) is 0 Å². The molecule has 3 N–H and O–H groups in total. The average molecular weight is 363 g/mol. The largest absolute Gasteiger partial charge is 0.335 e.